The van der Waals surface area contributed by atoms with Crippen molar-refractivity contribution in [3.8, 4) is 11.3 Å². The van der Waals surface area contributed by atoms with Gasteiger partial charge in [-0.25, -0.2) is 4.98 Å². The van der Waals surface area contributed by atoms with Crippen molar-refractivity contribution in [3.63, 3.8) is 0 Å². The van der Waals surface area contributed by atoms with Crippen LogP contribution in [0.15, 0.2) is 35.4 Å². The minimum absolute atomic E-state index is 0.178. The summed E-state index contributed by atoms with van der Waals surface area (Å²) in [5.41, 5.74) is 4.03. The number of rotatable bonds is 1. The average molecular weight is 200 g/mol. The van der Waals surface area contributed by atoms with Crippen molar-refractivity contribution >= 4 is 0 Å². The minimum Gasteiger partial charge on any atom is -0.326 e. The Kier molecular flexibility index (Phi) is 2.37. The predicted molar refractivity (Wildman–Crippen MR) is 59.8 cm³/mol. The van der Waals surface area contributed by atoms with E-state index in [1.54, 1.807) is 6.20 Å². The molecule has 76 valence electrons. The summed E-state index contributed by atoms with van der Waals surface area (Å²) in [5.74, 6) is 0. The third-order valence-corrected chi connectivity index (χ3v) is 2.19. The number of nitrogens with one attached hydrogen (secondary N) is 1. The quantitative estimate of drug-likeness (QED) is 0.765. The number of aromatic nitrogens is 2. The summed E-state index contributed by atoms with van der Waals surface area (Å²) in [4.78, 5) is 17.6. The molecule has 1 aromatic heterocycles. The van der Waals surface area contributed by atoms with Crippen molar-refractivity contribution in [2.75, 3.05) is 0 Å². The molecule has 2 aromatic rings. The highest BCUT2D eigenvalue weighted by Crippen LogP contribution is 2.18. The molecule has 1 heterocycles. The zero-order valence-electron chi connectivity index (χ0n) is 8.74. The van der Waals surface area contributed by atoms with Crippen LogP contribution in [-0.4, -0.2) is 9.97 Å². The Morgan fingerprint density at radius 1 is 1.13 bits per heavy atom. The maximum atomic E-state index is 10.9. The lowest BCUT2D eigenvalue weighted by Gasteiger charge is -2.03. The zero-order chi connectivity index (χ0) is 10.8. The molecule has 15 heavy (non-hydrogen) atoms. The molecule has 0 atom stereocenters. The van der Waals surface area contributed by atoms with E-state index in [9.17, 15) is 4.79 Å². The minimum atomic E-state index is -0.178. The van der Waals surface area contributed by atoms with E-state index in [0.29, 0.717) is 0 Å². The van der Waals surface area contributed by atoms with Gasteiger partial charge in [-0.05, 0) is 26.0 Å². The van der Waals surface area contributed by atoms with E-state index in [1.165, 1.54) is 17.3 Å². The van der Waals surface area contributed by atoms with Crippen molar-refractivity contribution in [2.45, 2.75) is 13.8 Å². The molecule has 3 nitrogen and oxygen atoms in total. The van der Waals surface area contributed by atoms with Crippen LogP contribution in [0.2, 0.25) is 0 Å². The normalized spacial score (nSPS) is 10.3. The molecule has 0 aliphatic carbocycles. The molecule has 0 aliphatic heterocycles. The molecule has 1 N–H and O–H groups in total. The number of H-pyrrole nitrogens is 1. The molecular weight excluding hydrogens is 188 g/mol. The fraction of sp³-hybridized carbons (Fsp3) is 0.167. The van der Waals surface area contributed by atoms with Gasteiger partial charge in [0.2, 0.25) is 0 Å². The van der Waals surface area contributed by atoms with E-state index in [0.717, 1.165) is 11.3 Å². The number of benzene rings is 1. The Morgan fingerprint density at radius 3 is 2.33 bits per heavy atom. The Morgan fingerprint density at radius 2 is 1.80 bits per heavy atom. The number of aryl methyl sites for hydroxylation is 2. The lowest BCUT2D eigenvalue weighted by atomic mass is 10.1. The Bertz CT molecular complexity index is 503. The number of aromatic amines is 1. The van der Waals surface area contributed by atoms with Crippen molar-refractivity contribution in [1.29, 1.82) is 0 Å². The Balaban J connectivity index is 2.53. The molecular formula is C12H12N2O. The molecule has 0 bridgehead atoms. The predicted octanol–water partition coefficient (Wildman–Crippen LogP) is 2.05. The Labute approximate surface area is 87.8 Å². The van der Waals surface area contributed by atoms with Crippen LogP contribution in [0, 0.1) is 13.8 Å². The van der Waals surface area contributed by atoms with Crippen LogP contribution in [0.1, 0.15) is 11.1 Å². The maximum absolute atomic E-state index is 10.9. The van der Waals surface area contributed by atoms with E-state index >= 15 is 0 Å². The van der Waals surface area contributed by atoms with Gasteiger partial charge in [0.25, 0.3) is 5.56 Å². The van der Waals surface area contributed by atoms with Gasteiger partial charge < -0.3 is 4.98 Å². The summed E-state index contributed by atoms with van der Waals surface area (Å²) in [6, 6.07) is 6.20. The average Bonchev–Trinajstić information content (AvgIpc) is 2.17. The fourth-order valence-electron chi connectivity index (χ4n) is 1.62. The van der Waals surface area contributed by atoms with E-state index in [1.807, 2.05) is 26.0 Å². The summed E-state index contributed by atoms with van der Waals surface area (Å²) in [7, 11) is 0. The van der Waals surface area contributed by atoms with Crippen molar-refractivity contribution in [1.82, 2.24) is 9.97 Å². The molecule has 0 fully saturated rings. The van der Waals surface area contributed by atoms with Crippen molar-refractivity contribution in [3.05, 3.63) is 52.1 Å². The lowest BCUT2D eigenvalue weighted by Crippen LogP contribution is -2.04. The van der Waals surface area contributed by atoms with Crippen LogP contribution in [0.5, 0.6) is 0 Å². The van der Waals surface area contributed by atoms with E-state index < -0.39 is 0 Å². The lowest BCUT2D eigenvalue weighted by molar-refractivity contribution is 1.14. The summed E-state index contributed by atoms with van der Waals surface area (Å²) in [6.45, 7) is 4.09. The van der Waals surface area contributed by atoms with E-state index in [4.69, 9.17) is 0 Å². The molecule has 0 amide bonds. The molecule has 0 radical (unpaired) electrons. The van der Waals surface area contributed by atoms with Gasteiger partial charge in [0.15, 0.2) is 0 Å². The maximum Gasteiger partial charge on any atom is 0.266 e. The first kappa shape index (κ1) is 9.65. The first-order valence-corrected chi connectivity index (χ1v) is 4.78. The van der Waals surface area contributed by atoms with Crippen LogP contribution < -0.4 is 5.56 Å². The van der Waals surface area contributed by atoms with Crippen LogP contribution in [-0.2, 0) is 0 Å². The summed E-state index contributed by atoms with van der Waals surface area (Å²) in [5, 5.41) is 0. The topological polar surface area (TPSA) is 45.8 Å². The third-order valence-electron chi connectivity index (χ3n) is 2.19. The molecule has 0 saturated heterocycles. The smallest absolute Gasteiger partial charge is 0.266 e. The summed E-state index contributed by atoms with van der Waals surface area (Å²) in [6.07, 6.45) is 2.93. The molecule has 0 aliphatic rings. The molecule has 1 aromatic carbocycles. The number of hydrogen-bond donors (Lipinski definition) is 1. The molecule has 0 spiro atoms. The van der Waals surface area contributed by atoms with E-state index in [-0.39, 0.29) is 5.56 Å². The van der Waals surface area contributed by atoms with Crippen molar-refractivity contribution in [2.24, 2.45) is 0 Å². The van der Waals surface area contributed by atoms with E-state index in [2.05, 4.69) is 16.0 Å². The summed E-state index contributed by atoms with van der Waals surface area (Å²) >= 11 is 0. The monoisotopic (exact) mass is 200 g/mol. The first-order chi connectivity index (χ1) is 7.15. The second kappa shape index (κ2) is 3.69. The van der Waals surface area contributed by atoms with Crippen LogP contribution in [0.3, 0.4) is 0 Å². The first-order valence-electron chi connectivity index (χ1n) is 4.78. The van der Waals surface area contributed by atoms with Crippen LogP contribution in [0.25, 0.3) is 11.3 Å². The van der Waals surface area contributed by atoms with Gasteiger partial charge in [-0.1, -0.05) is 17.2 Å². The highest BCUT2D eigenvalue weighted by atomic mass is 16.1. The van der Waals surface area contributed by atoms with Crippen LogP contribution in [0.4, 0.5) is 0 Å². The largest absolute Gasteiger partial charge is 0.326 e. The van der Waals surface area contributed by atoms with Gasteiger partial charge in [-0.3, -0.25) is 4.79 Å². The fourth-order valence-corrected chi connectivity index (χ4v) is 1.62. The zero-order valence-corrected chi connectivity index (χ0v) is 8.74. The second-order valence-corrected chi connectivity index (χ2v) is 3.67. The summed E-state index contributed by atoms with van der Waals surface area (Å²) < 4.78 is 0. The number of nitrogens with zero attached hydrogens (tertiary/aromatic N) is 1. The SMILES string of the molecule is Cc1cc(C)cc(-c2c[nH]c(=O)cn2)c1. The van der Waals surface area contributed by atoms with Gasteiger partial charge >= 0.3 is 0 Å². The van der Waals surface area contributed by atoms with Gasteiger partial charge in [0.05, 0.1) is 11.9 Å². The molecule has 2 rings (SSSR count). The van der Waals surface area contributed by atoms with Crippen molar-refractivity contribution < 1.29 is 0 Å². The second-order valence-electron chi connectivity index (χ2n) is 3.67. The van der Waals surface area contributed by atoms with Gasteiger partial charge in [0, 0.05) is 11.8 Å². The van der Waals surface area contributed by atoms with Gasteiger partial charge in [-0.15, -0.1) is 0 Å². The van der Waals surface area contributed by atoms with Gasteiger partial charge in [0.1, 0.15) is 0 Å². The molecule has 0 saturated carbocycles. The van der Waals surface area contributed by atoms with Gasteiger partial charge in [-0.2, -0.15) is 0 Å². The Hall–Kier alpha value is -1.90. The number of hydrogen-bond acceptors (Lipinski definition) is 2. The standard InChI is InChI=1S/C12H12N2O/c1-8-3-9(2)5-10(4-8)11-6-14-12(15)7-13-11/h3-7H,1-2H3,(H,14,15). The third kappa shape index (κ3) is 2.13. The molecule has 0 unspecified atom stereocenters. The highest BCUT2D eigenvalue weighted by molar-refractivity contribution is 5.60. The van der Waals surface area contributed by atoms with Crippen LogP contribution >= 0.6 is 0 Å². The highest BCUT2D eigenvalue weighted by Gasteiger charge is 2.00. The molecule has 3 heteroatoms.